The van der Waals surface area contributed by atoms with Gasteiger partial charge in [0.2, 0.25) is 0 Å². The Morgan fingerprint density at radius 1 is 1.50 bits per heavy atom. The predicted molar refractivity (Wildman–Crippen MR) is 61.5 cm³/mol. The lowest BCUT2D eigenvalue weighted by molar-refractivity contribution is -0.137. The van der Waals surface area contributed by atoms with Crippen LogP contribution in [0.3, 0.4) is 0 Å². The number of amides is 1. The van der Waals surface area contributed by atoms with Crippen LogP contribution in [0.15, 0.2) is 15.8 Å². The highest BCUT2D eigenvalue weighted by molar-refractivity contribution is 5.93. The summed E-state index contributed by atoms with van der Waals surface area (Å²) < 4.78 is 0.761. The second kappa shape index (κ2) is 5.30. The summed E-state index contributed by atoms with van der Waals surface area (Å²) in [6, 6.07) is -0.619. The van der Waals surface area contributed by atoms with Crippen molar-refractivity contribution in [3.05, 3.63) is 32.6 Å². The van der Waals surface area contributed by atoms with Crippen molar-refractivity contribution in [2.24, 2.45) is 7.05 Å². The van der Waals surface area contributed by atoms with Crippen LogP contribution >= 0.6 is 0 Å². The van der Waals surface area contributed by atoms with Crippen LogP contribution in [0.5, 0.6) is 0 Å². The number of carboxylic acid groups (broad SMARTS) is 1. The van der Waals surface area contributed by atoms with Crippen LogP contribution in [0.25, 0.3) is 0 Å². The third-order valence-electron chi connectivity index (χ3n) is 2.28. The zero-order valence-corrected chi connectivity index (χ0v) is 9.89. The monoisotopic (exact) mass is 255 g/mol. The van der Waals surface area contributed by atoms with E-state index in [0.29, 0.717) is 0 Å². The average Bonchev–Trinajstić information content (AvgIpc) is 2.24. The van der Waals surface area contributed by atoms with E-state index >= 15 is 0 Å². The molecule has 0 radical (unpaired) electrons. The van der Waals surface area contributed by atoms with Gasteiger partial charge >= 0.3 is 11.7 Å². The maximum atomic E-state index is 11.7. The van der Waals surface area contributed by atoms with Gasteiger partial charge in [-0.1, -0.05) is 0 Å². The molecule has 8 nitrogen and oxygen atoms in total. The van der Waals surface area contributed by atoms with Crippen molar-refractivity contribution in [1.82, 2.24) is 14.9 Å². The van der Waals surface area contributed by atoms with Gasteiger partial charge in [-0.25, -0.2) is 4.79 Å². The third-order valence-corrected chi connectivity index (χ3v) is 2.28. The number of H-pyrrole nitrogens is 1. The fourth-order valence-corrected chi connectivity index (χ4v) is 1.34. The number of aromatic amines is 1. The predicted octanol–water partition coefficient (Wildman–Crippen LogP) is -1.33. The van der Waals surface area contributed by atoms with Crippen LogP contribution in [0.2, 0.25) is 0 Å². The molecule has 1 heterocycles. The van der Waals surface area contributed by atoms with Crippen molar-refractivity contribution in [3.8, 4) is 0 Å². The van der Waals surface area contributed by atoms with E-state index in [4.69, 9.17) is 5.11 Å². The molecule has 0 spiro atoms. The van der Waals surface area contributed by atoms with Gasteiger partial charge in [-0.3, -0.25) is 19.0 Å². The molecule has 0 saturated heterocycles. The molecule has 0 aliphatic heterocycles. The van der Waals surface area contributed by atoms with Gasteiger partial charge in [0.25, 0.3) is 11.5 Å². The van der Waals surface area contributed by atoms with E-state index in [1.807, 2.05) is 0 Å². The van der Waals surface area contributed by atoms with Crippen molar-refractivity contribution in [1.29, 1.82) is 0 Å². The average molecular weight is 255 g/mol. The van der Waals surface area contributed by atoms with Gasteiger partial charge in [-0.2, -0.15) is 0 Å². The summed E-state index contributed by atoms with van der Waals surface area (Å²) in [6.45, 7) is 1.50. The van der Waals surface area contributed by atoms with Gasteiger partial charge in [-0.05, 0) is 6.92 Å². The Morgan fingerprint density at radius 3 is 2.67 bits per heavy atom. The minimum atomic E-state index is -1.06. The highest BCUT2D eigenvalue weighted by atomic mass is 16.4. The molecule has 1 unspecified atom stereocenters. The highest BCUT2D eigenvalue weighted by Crippen LogP contribution is 1.93. The Kier molecular flexibility index (Phi) is 4.03. The first kappa shape index (κ1) is 13.7. The van der Waals surface area contributed by atoms with Crippen LogP contribution in [-0.2, 0) is 11.8 Å². The van der Waals surface area contributed by atoms with Gasteiger partial charge in [0.15, 0.2) is 0 Å². The number of hydrogen-bond acceptors (Lipinski definition) is 4. The largest absolute Gasteiger partial charge is 0.481 e. The van der Waals surface area contributed by atoms with Crippen LogP contribution in [0, 0.1) is 0 Å². The van der Waals surface area contributed by atoms with Crippen molar-refractivity contribution < 1.29 is 14.7 Å². The van der Waals surface area contributed by atoms with E-state index in [1.165, 1.54) is 14.0 Å². The number of nitrogens with zero attached hydrogens (tertiary/aromatic N) is 1. The molecule has 0 fully saturated rings. The Morgan fingerprint density at radius 2 is 2.11 bits per heavy atom. The summed E-state index contributed by atoms with van der Waals surface area (Å²) in [6.07, 6.45) is 0.753. The van der Waals surface area contributed by atoms with Gasteiger partial charge in [-0.15, -0.1) is 0 Å². The summed E-state index contributed by atoms with van der Waals surface area (Å²) in [5.74, 6) is -1.78. The number of carboxylic acids is 1. The Balaban J connectivity index is 2.92. The molecule has 0 bridgehead atoms. The standard InChI is InChI=1S/C10H13N3O5/c1-5(3-7(14)15)12-8(16)6-4-11-10(18)13(2)9(6)17/h4-5H,3H2,1-2H3,(H,11,18)(H,12,16)(H,14,15). The Labute approximate surface area is 101 Å². The molecule has 18 heavy (non-hydrogen) atoms. The molecule has 1 atom stereocenters. The molecule has 1 amide bonds. The molecule has 98 valence electrons. The van der Waals surface area contributed by atoms with E-state index in [0.717, 1.165) is 10.8 Å². The number of carbonyl (C=O) groups is 2. The van der Waals surface area contributed by atoms with Crippen LogP contribution in [0.1, 0.15) is 23.7 Å². The molecule has 1 aromatic heterocycles. The van der Waals surface area contributed by atoms with Gasteiger partial charge in [0, 0.05) is 19.3 Å². The fourth-order valence-electron chi connectivity index (χ4n) is 1.34. The van der Waals surface area contributed by atoms with E-state index in [1.54, 1.807) is 0 Å². The Bertz CT molecular complexity index is 586. The molecule has 3 N–H and O–H groups in total. The number of rotatable bonds is 4. The molecule has 0 aliphatic rings. The molecule has 0 saturated carbocycles. The molecule has 0 aromatic carbocycles. The second-order valence-electron chi connectivity index (χ2n) is 3.84. The minimum Gasteiger partial charge on any atom is -0.481 e. The van der Waals surface area contributed by atoms with Crippen LogP contribution < -0.4 is 16.6 Å². The number of hydrogen-bond donors (Lipinski definition) is 3. The minimum absolute atomic E-state index is 0.241. The summed E-state index contributed by atoms with van der Waals surface area (Å²) in [5.41, 5.74) is -1.61. The SMILES string of the molecule is CC(CC(=O)O)NC(=O)c1c[nH]c(=O)n(C)c1=O. The Hall–Kier alpha value is -2.38. The number of aromatic nitrogens is 2. The van der Waals surface area contributed by atoms with Crippen molar-refractivity contribution in [3.63, 3.8) is 0 Å². The smallest absolute Gasteiger partial charge is 0.328 e. The number of aliphatic carboxylic acids is 1. The second-order valence-corrected chi connectivity index (χ2v) is 3.84. The lowest BCUT2D eigenvalue weighted by Gasteiger charge is -2.11. The molecular formula is C10H13N3O5. The van der Waals surface area contributed by atoms with Crippen LogP contribution in [0.4, 0.5) is 0 Å². The highest BCUT2D eigenvalue weighted by Gasteiger charge is 2.16. The third kappa shape index (κ3) is 3.06. The van der Waals surface area contributed by atoms with E-state index in [2.05, 4.69) is 10.3 Å². The van der Waals surface area contributed by atoms with Gasteiger partial charge in [0.1, 0.15) is 5.56 Å². The molecule has 1 aromatic rings. The van der Waals surface area contributed by atoms with E-state index in [9.17, 15) is 19.2 Å². The van der Waals surface area contributed by atoms with E-state index in [-0.39, 0.29) is 12.0 Å². The first-order valence-corrected chi connectivity index (χ1v) is 5.14. The summed E-state index contributed by atoms with van der Waals surface area (Å²) in [7, 11) is 1.23. The maximum absolute atomic E-state index is 11.7. The van der Waals surface area contributed by atoms with Crippen LogP contribution in [-0.4, -0.2) is 32.6 Å². The maximum Gasteiger partial charge on any atom is 0.328 e. The van der Waals surface area contributed by atoms with Gasteiger partial charge < -0.3 is 15.4 Å². The summed E-state index contributed by atoms with van der Waals surface area (Å²) in [5, 5.41) is 10.9. The number of carbonyl (C=O) groups excluding carboxylic acids is 1. The zero-order valence-electron chi connectivity index (χ0n) is 9.89. The van der Waals surface area contributed by atoms with Crippen molar-refractivity contribution >= 4 is 11.9 Å². The van der Waals surface area contributed by atoms with E-state index < -0.39 is 29.2 Å². The molecular weight excluding hydrogens is 242 g/mol. The topological polar surface area (TPSA) is 121 Å². The quantitative estimate of drug-likeness (QED) is 0.615. The first-order chi connectivity index (χ1) is 8.32. The number of nitrogens with one attached hydrogen (secondary N) is 2. The summed E-state index contributed by atoms with van der Waals surface area (Å²) >= 11 is 0. The molecule has 0 aliphatic carbocycles. The fraction of sp³-hybridized carbons (Fsp3) is 0.400. The lowest BCUT2D eigenvalue weighted by Crippen LogP contribution is -2.41. The van der Waals surface area contributed by atoms with Crippen molar-refractivity contribution in [2.45, 2.75) is 19.4 Å². The normalized spacial score (nSPS) is 11.9. The zero-order chi connectivity index (χ0) is 13.9. The lowest BCUT2D eigenvalue weighted by atomic mass is 10.2. The summed E-state index contributed by atoms with van der Waals surface area (Å²) in [4.78, 5) is 47.0. The molecule has 1 rings (SSSR count). The van der Waals surface area contributed by atoms with Gasteiger partial charge in [0.05, 0.1) is 6.42 Å². The van der Waals surface area contributed by atoms with Crippen molar-refractivity contribution in [2.75, 3.05) is 0 Å². The first-order valence-electron chi connectivity index (χ1n) is 5.14. The molecule has 8 heteroatoms.